The van der Waals surface area contributed by atoms with Crippen molar-refractivity contribution in [1.29, 1.82) is 0 Å². The van der Waals surface area contributed by atoms with Crippen LogP contribution in [0.1, 0.15) is 31.0 Å². The molecule has 0 bridgehead atoms. The van der Waals surface area contributed by atoms with E-state index in [-0.39, 0.29) is 0 Å². The summed E-state index contributed by atoms with van der Waals surface area (Å²) in [5.41, 5.74) is 3.01. The van der Waals surface area contributed by atoms with Gasteiger partial charge in [0.1, 0.15) is 35.5 Å². The molecule has 0 spiro atoms. The van der Waals surface area contributed by atoms with Crippen molar-refractivity contribution in [2.24, 2.45) is 0 Å². The van der Waals surface area contributed by atoms with Gasteiger partial charge in [-0.05, 0) is 38.5 Å². The quantitative estimate of drug-likeness (QED) is 0.260. The molecule has 4 aromatic rings. The van der Waals surface area contributed by atoms with Gasteiger partial charge < -0.3 is 34.1 Å². The van der Waals surface area contributed by atoms with Crippen molar-refractivity contribution < 1.29 is 34.0 Å². The first-order valence-electron chi connectivity index (χ1n) is 12.7. The van der Waals surface area contributed by atoms with E-state index in [1.54, 1.807) is 33.0 Å². The third-order valence-corrected chi connectivity index (χ3v) is 7.56. The smallest absolute Gasteiger partial charge is 0.336 e. The molecular formula is C28H30N4O7. The van der Waals surface area contributed by atoms with Gasteiger partial charge in [0, 0.05) is 41.8 Å². The lowest BCUT2D eigenvalue weighted by atomic mass is 9.89. The summed E-state index contributed by atoms with van der Waals surface area (Å²) in [6, 6.07) is 10.8. The number of nitrogens with zero attached hydrogens (tertiary/aromatic N) is 3. The van der Waals surface area contributed by atoms with Crippen LogP contribution in [0.3, 0.4) is 0 Å². The third kappa shape index (κ3) is 4.27. The van der Waals surface area contributed by atoms with Crippen LogP contribution in [0.25, 0.3) is 22.2 Å². The number of carbonyl (C=O) groups excluding carboxylic acids is 1. The number of rotatable bonds is 5. The molecule has 11 heteroatoms. The molecule has 39 heavy (non-hydrogen) atoms. The van der Waals surface area contributed by atoms with Crippen LogP contribution in [0.2, 0.25) is 0 Å². The van der Waals surface area contributed by atoms with Gasteiger partial charge in [-0.25, -0.2) is 9.48 Å². The van der Waals surface area contributed by atoms with Crippen molar-refractivity contribution in [2.45, 2.75) is 63.4 Å². The summed E-state index contributed by atoms with van der Waals surface area (Å²) in [5.74, 6) is 0.294. The van der Waals surface area contributed by atoms with Crippen LogP contribution in [0.5, 0.6) is 11.5 Å². The second-order valence-corrected chi connectivity index (χ2v) is 10.5. The van der Waals surface area contributed by atoms with Crippen molar-refractivity contribution in [2.75, 3.05) is 7.11 Å². The minimum Gasteiger partial charge on any atom is -0.462 e. The Balaban J connectivity index is 1.23. The van der Waals surface area contributed by atoms with Gasteiger partial charge in [-0.15, -0.1) is 5.10 Å². The third-order valence-electron chi connectivity index (χ3n) is 7.56. The van der Waals surface area contributed by atoms with Crippen LogP contribution in [0.15, 0.2) is 48.8 Å². The number of benzene rings is 2. The lowest BCUT2D eigenvalue weighted by molar-refractivity contribution is -0.306. The van der Waals surface area contributed by atoms with Gasteiger partial charge in [-0.1, -0.05) is 29.5 Å². The van der Waals surface area contributed by atoms with E-state index in [2.05, 4.69) is 15.3 Å². The second kappa shape index (κ2) is 9.45. The Bertz CT molecular complexity index is 1540. The molecule has 0 radical (unpaired) electrons. The van der Waals surface area contributed by atoms with Gasteiger partial charge >= 0.3 is 5.97 Å². The maximum atomic E-state index is 13.1. The number of fused-ring (bicyclic) bond motifs is 2. The molecule has 11 nitrogen and oxygen atoms in total. The van der Waals surface area contributed by atoms with Crippen molar-refractivity contribution in [1.82, 2.24) is 20.0 Å². The van der Waals surface area contributed by atoms with Crippen LogP contribution in [0, 0.1) is 6.92 Å². The summed E-state index contributed by atoms with van der Waals surface area (Å²) in [5, 5.41) is 30.7. The molecule has 2 aromatic heterocycles. The Hall–Kier alpha value is -3.77. The first-order valence-corrected chi connectivity index (χ1v) is 12.7. The van der Waals surface area contributed by atoms with Gasteiger partial charge in [0.2, 0.25) is 6.29 Å². The van der Waals surface area contributed by atoms with E-state index in [4.69, 9.17) is 18.9 Å². The fourth-order valence-electron chi connectivity index (χ4n) is 5.49. The van der Waals surface area contributed by atoms with Gasteiger partial charge in [-0.2, -0.15) is 0 Å². The molecule has 4 heterocycles. The Morgan fingerprint density at radius 1 is 1.15 bits per heavy atom. The Morgan fingerprint density at radius 2 is 1.95 bits per heavy atom. The number of carbonyl (C=O) groups is 1. The molecule has 3 N–H and O–H groups in total. The van der Waals surface area contributed by atoms with Crippen molar-refractivity contribution in [3.05, 3.63) is 59.9 Å². The summed E-state index contributed by atoms with van der Waals surface area (Å²) in [6.45, 7) is 5.27. The monoisotopic (exact) mass is 534 g/mol. The number of H-pyrrole nitrogens is 1. The first-order chi connectivity index (χ1) is 18.7. The molecule has 1 fully saturated rings. The fraction of sp³-hybridized carbons (Fsp3) is 0.393. The predicted molar refractivity (Wildman–Crippen MR) is 139 cm³/mol. The van der Waals surface area contributed by atoms with E-state index < -0.39 is 42.2 Å². The highest BCUT2D eigenvalue weighted by atomic mass is 16.7. The molecule has 2 aliphatic rings. The average molecular weight is 535 g/mol. The number of nitrogens with one attached hydrogen (secondary N) is 1. The Morgan fingerprint density at radius 3 is 2.74 bits per heavy atom. The zero-order chi connectivity index (χ0) is 27.5. The van der Waals surface area contributed by atoms with Crippen molar-refractivity contribution in [3.63, 3.8) is 0 Å². The van der Waals surface area contributed by atoms with Gasteiger partial charge in [0.15, 0.2) is 6.04 Å². The molecule has 2 aliphatic heterocycles. The molecule has 5 atom stereocenters. The summed E-state index contributed by atoms with van der Waals surface area (Å²) < 4.78 is 24.5. The summed E-state index contributed by atoms with van der Waals surface area (Å²) in [7, 11) is 1.45. The summed E-state index contributed by atoms with van der Waals surface area (Å²) in [4.78, 5) is 16.3. The molecule has 1 saturated heterocycles. The van der Waals surface area contributed by atoms with E-state index in [0.29, 0.717) is 29.2 Å². The van der Waals surface area contributed by atoms with E-state index in [1.807, 2.05) is 36.5 Å². The fourth-order valence-corrected chi connectivity index (χ4v) is 5.49. The standard InChI is InChI=1S/C28H30N4O7/c1-14-21(37-27-23(34)22(33)25(36-4)28(2,3)39-27)10-9-15-11-20(26(35)38-24(14)15)32-13-19(30-31-32)17-12-29-18-8-6-5-7-16(17)18/h5-10,12-13,20,22-23,25,27,29,33-34H,11H2,1-4H3/t20?,22-,23+,25+,27+/m0/s1. The number of ether oxygens (including phenoxy) is 4. The number of aliphatic hydroxyl groups excluding tert-OH is 2. The normalized spacial score (nSPS) is 26.3. The molecule has 2 aromatic carbocycles. The van der Waals surface area contributed by atoms with Crippen LogP contribution in [-0.4, -0.2) is 73.5 Å². The van der Waals surface area contributed by atoms with E-state index in [1.165, 1.54) is 11.8 Å². The maximum absolute atomic E-state index is 13.1. The molecule has 6 rings (SSSR count). The van der Waals surface area contributed by atoms with Crippen LogP contribution in [0.4, 0.5) is 0 Å². The van der Waals surface area contributed by atoms with E-state index >= 15 is 0 Å². The van der Waals surface area contributed by atoms with Crippen LogP contribution >= 0.6 is 0 Å². The minimum atomic E-state index is -1.34. The van der Waals surface area contributed by atoms with Crippen molar-refractivity contribution in [3.8, 4) is 22.8 Å². The average Bonchev–Trinajstić information content (AvgIpc) is 3.56. The predicted octanol–water partition coefficient (Wildman–Crippen LogP) is 2.69. The van der Waals surface area contributed by atoms with E-state index in [9.17, 15) is 15.0 Å². The van der Waals surface area contributed by atoms with Crippen molar-refractivity contribution >= 4 is 16.9 Å². The summed E-state index contributed by atoms with van der Waals surface area (Å²) in [6.07, 6.45) is -0.456. The van der Waals surface area contributed by atoms with Crippen LogP contribution in [-0.2, 0) is 20.7 Å². The lowest BCUT2D eigenvalue weighted by Crippen LogP contribution is -2.63. The number of hydrogen-bond donors (Lipinski definition) is 3. The number of aliphatic hydroxyl groups is 2. The van der Waals surface area contributed by atoms with Gasteiger partial charge in [0.25, 0.3) is 0 Å². The minimum absolute atomic E-state index is 0.357. The highest BCUT2D eigenvalue weighted by Gasteiger charge is 2.50. The molecule has 1 unspecified atom stereocenters. The highest BCUT2D eigenvalue weighted by molar-refractivity contribution is 5.94. The van der Waals surface area contributed by atoms with Gasteiger partial charge in [-0.3, -0.25) is 0 Å². The lowest BCUT2D eigenvalue weighted by Gasteiger charge is -2.46. The first kappa shape index (κ1) is 25.5. The Kier molecular flexibility index (Phi) is 6.18. The van der Waals surface area contributed by atoms with Gasteiger partial charge in [0.05, 0.1) is 11.8 Å². The number of aromatic nitrogens is 4. The molecular weight excluding hydrogens is 504 g/mol. The topological polar surface area (TPSA) is 141 Å². The second-order valence-electron chi connectivity index (χ2n) is 10.5. The number of aromatic amines is 1. The molecule has 0 amide bonds. The number of methoxy groups -OCH3 is 1. The maximum Gasteiger partial charge on any atom is 0.336 e. The molecule has 0 aliphatic carbocycles. The molecule has 0 saturated carbocycles. The van der Waals surface area contributed by atoms with Crippen LogP contribution < -0.4 is 9.47 Å². The highest BCUT2D eigenvalue weighted by Crippen LogP contribution is 2.40. The van der Waals surface area contributed by atoms with E-state index in [0.717, 1.165) is 22.0 Å². The number of hydrogen-bond acceptors (Lipinski definition) is 9. The Labute approximate surface area is 224 Å². The zero-order valence-electron chi connectivity index (χ0n) is 22.0. The SMILES string of the molecule is CO[C@@H]1[C@@H](O)[C@@H](O)[C@H](Oc2ccc3c(c2C)OC(=O)C(n2cc(-c4c[nH]c5ccccc45)nn2)C3)OC1(C)C. The molecule has 204 valence electrons. The summed E-state index contributed by atoms with van der Waals surface area (Å²) >= 11 is 0. The largest absolute Gasteiger partial charge is 0.462 e. The number of esters is 1. The number of para-hydroxylation sites is 1. The zero-order valence-corrected chi connectivity index (χ0v) is 22.0.